The maximum atomic E-state index is 13.2. The van der Waals surface area contributed by atoms with Crippen LogP contribution in [-0.2, 0) is 5.92 Å². The molecular weight excluding hydrogens is 233 g/mol. The van der Waals surface area contributed by atoms with E-state index < -0.39 is 17.5 Å². The summed E-state index contributed by atoms with van der Waals surface area (Å²) in [6.07, 6.45) is 0. The first-order valence-corrected chi connectivity index (χ1v) is 4.79. The quantitative estimate of drug-likeness (QED) is 0.879. The molecule has 17 heavy (non-hydrogen) atoms. The molecule has 90 valence electrons. The number of benzene rings is 1. The maximum absolute atomic E-state index is 13.2. The van der Waals surface area contributed by atoms with Crippen molar-refractivity contribution in [2.24, 2.45) is 0 Å². The highest BCUT2D eigenvalue weighted by atomic mass is 19.3. The average Bonchev–Trinajstić information content (AvgIpc) is 2.59. The van der Waals surface area contributed by atoms with Gasteiger partial charge in [0.25, 0.3) is 0 Å². The third kappa shape index (κ3) is 2.11. The van der Waals surface area contributed by atoms with Crippen LogP contribution in [-0.4, -0.2) is 5.16 Å². The summed E-state index contributed by atoms with van der Waals surface area (Å²) in [6, 6.07) is 5.16. The Morgan fingerprint density at radius 3 is 2.65 bits per heavy atom. The predicted octanol–water partition coefficient (Wildman–Crippen LogP) is 3.17. The second kappa shape index (κ2) is 3.80. The number of nitrogens with zero attached hydrogens (tertiary/aromatic N) is 1. The molecule has 2 N–H and O–H groups in total. The second-order valence-corrected chi connectivity index (χ2v) is 3.67. The van der Waals surface area contributed by atoms with Crippen LogP contribution in [0.15, 0.2) is 28.8 Å². The first kappa shape index (κ1) is 11.5. The van der Waals surface area contributed by atoms with E-state index in [-0.39, 0.29) is 16.9 Å². The molecule has 0 saturated heterocycles. The molecule has 0 amide bonds. The van der Waals surface area contributed by atoms with Crippen LogP contribution in [0.3, 0.4) is 0 Å². The van der Waals surface area contributed by atoms with E-state index in [0.29, 0.717) is 6.92 Å². The highest BCUT2D eigenvalue weighted by Gasteiger charge is 2.35. The van der Waals surface area contributed by atoms with Gasteiger partial charge in [-0.3, -0.25) is 0 Å². The molecule has 0 aliphatic rings. The van der Waals surface area contributed by atoms with Crippen molar-refractivity contribution in [2.45, 2.75) is 12.8 Å². The Morgan fingerprint density at radius 1 is 1.35 bits per heavy atom. The molecular formula is C11H9F3N2O. The van der Waals surface area contributed by atoms with E-state index in [1.54, 1.807) is 0 Å². The van der Waals surface area contributed by atoms with Crippen molar-refractivity contribution in [3.8, 4) is 11.1 Å². The molecule has 0 radical (unpaired) electrons. The van der Waals surface area contributed by atoms with E-state index in [2.05, 4.69) is 9.68 Å². The van der Waals surface area contributed by atoms with Crippen molar-refractivity contribution >= 4 is 5.82 Å². The summed E-state index contributed by atoms with van der Waals surface area (Å²) in [5.74, 6) is -4.63. The van der Waals surface area contributed by atoms with E-state index in [1.807, 2.05) is 0 Å². The van der Waals surface area contributed by atoms with Crippen molar-refractivity contribution in [3.63, 3.8) is 0 Å². The smallest absolute Gasteiger partial charge is 0.305 e. The third-order valence-electron chi connectivity index (χ3n) is 2.23. The highest BCUT2D eigenvalue weighted by molar-refractivity contribution is 5.76. The normalized spacial score (nSPS) is 11.8. The van der Waals surface area contributed by atoms with Crippen LogP contribution in [0, 0.1) is 5.82 Å². The summed E-state index contributed by atoms with van der Waals surface area (Å²) in [6.45, 7) is 0.662. The molecule has 1 heterocycles. The van der Waals surface area contributed by atoms with Gasteiger partial charge in [-0.2, -0.15) is 8.78 Å². The van der Waals surface area contributed by atoms with Crippen LogP contribution in [0.4, 0.5) is 19.0 Å². The van der Waals surface area contributed by atoms with Gasteiger partial charge in [0, 0.05) is 6.92 Å². The van der Waals surface area contributed by atoms with Crippen LogP contribution < -0.4 is 5.73 Å². The van der Waals surface area contributed by atoms with Crippen molar-refractivity contribution in [3.05, 3.63) is 35.8 Å². The van der Waals surface area contributed by atoms with Crippen LogP contribution >= 0.6 is 0 Å². The number of nitrogen functional groups attached to an aromatic ring is 1. The number of aromatic nitrogens is 1. The summed E-state index contributed by atoms with van der Waals surface area (Å²) in [7, 11) is 0. The van der Waals surface area contributed by atoms with Gasteiger partial charge in [0.1, 0.15) is 5.82 Å². The molecule has 6 heteroatoms. The lowest BCUT2D eigenvalue weighted by atomic mass is 10.0. The Bertz CT molecular complexity index is 546. The Hall–Kier alpha value is -1.98. The van der Waals surface area contributed by atoms with E-state index in [0.717, 1.165) is 6.07 Å². The molecule has 1 aromatic carbocycles. The number of rotatable bonds is 2. The summed E-state index contributed by atoms with van der Waals surface area (Å²) in [4.78, 5) is 0. The van der Waals surface area contributed by atoms with Gasteiger partial charge >= 0.3 is 5.92 Å². The number of anilines is 1. The van der Waals surface area contributed by atoms with E-state index in [9.17, 15) is 13.2 Å². The first-order chi connectivity index (χ1) is 7.89. The van der Waals surface area contributed by atoms with Gasteiger partial charge in [-0.1, -0.05) is 17.3 Å². The molecule has 0 atom stereocenters. The SMILES string of the molecule is CC(F)(F)c1onc(N)c1-c1cccc(F)c1. The maximum Gasteiger partial charge on any atom is 0.305 e. The van der Waals surface area contributed by atoms with Gasteiger partial charge in [-0.25, -0.2) is 4.39 Å². The lowest BCUT2D eigenvalue weighted by molar-refractivity contribution is -0.00974. The zero-order chi connectivity index (χ0) is 12.6. The Morgan fingerprint density at radius 2 is 2.06 bits per heavy atom. The van der Waals surface area contributed by atoms with Crippen LogP contribution in [0.2, 0.25) is 0 Å². The number of nitrogens with two attached hydrogens (primary N) is 1. The summed E-state index contributed by atoms with van der Waals surface area (Å²) in [5, 5.41) is 3.29. The molecule has 0 aliphatic heterocycles. The van der Waals surface area contributed by atoms with E-state index in [1.165, 1.54) is 18.2 Å². The highest BCUT2D eigenvalue weighted by Crippen LogP contribution is 2.38. The third-order valence-corrected chi connectivity index (χ3v) is 2.23. The second-order valence-electron chi connectivity index (χ2n) is 3.67. The van der Waals surface area contributed by atoms with Crippen molar-refractivity contribution < 1.29 is 17.7 Å². The molecule has 0 spiro atoms. The Labute approximate surface area is 95.0 Å². The average molecular weight is 242 g/mol. The molecule has 3 nitrogen and oxygen atoms in total. The largest absolute Gasteiger partial charge is 0.380 e. The fourth-order valence-electron chi connectivity index (χ4n) is 1.53. The molecule has 0 bridgehead atoms. The Kier molecular flexibility index (Phi) is 2.57. The molecule has 0 aliphatic carbocycles. The number of hydrogen-bond donors (Lipinski definition) is 1. The zero-order valence-corrected chi connectivity index (χ0v) is 8.88. The minimum atomic E-state index is -3.23. The monoisotopic (exact) mass is 242 g/mol. The lowest BCUT2D eigenvalue weighted by Gasteiger charge is -2.08. The van der Waals surface area contributed by atoms with Gasteiger partial charge in [0.15, 0.2) is 5.82 Å². The minimum Gasteiger partial charge on any atom is -0.380 e. The molecule has 0 fully saturated rings. The van der Waals surface area contributed by atoms with Crippen LogP contribution in [0.25, 0.3) is 11.1 Å². The molecule has 0 unspecified atom stereocenters. The van der Waals surface area contributed by atoms with Crippen molar-refractivity contribution in [2.75, 3.05) is 5.73 Å². The predicted molar refractivity (Wildman–Crippen MR) is 55.9 cm³/mol. The fraction of sp³-hybridized carbons (Fsp3) is 0.182. The number of alkyl halides is 2. The summed E-state index contributed by atoms with van der Waals surface area (Å²) < 4.78 is 44.0. The molecule has 1 aromatic heterocycles. The minimum absolute atomic E-state index is 0.0722. The van der Waals surface area contributed by atoms with E-state index in [4.69, 9.17) is 5.73 Å². The number of halogens is 3. The van der Waals surface area contributed by atoms with Gasteiger partial charge in [-0.15, -0.1) is 0 Å². The van der Waals surface area contributed by atoms with Crippen LogP contribution in [0.1, 0.15) is 12.7 Å². The zero-order valence-electron chi connectivity index (χ0n) is 8.88. The van der Waals surface area contributed by atoms with Gasteiger partial charge in [0.2, 0.25) is 5.76 Å². The summed E-state index contributed by atoms with van der Waals surface area (Å²) >= 11 is 0. The fourth-order valence-corrected chi connectivity index (χ4v) is 1.53. The summed E-state index contributed by atoms with van der Waals surface area (Å²) in [5.41, 5.74) is 5.60. The molecule has 2 rings (SSSR count). The van der Waals surface area contributed by atoms with Crippen molar-refractivity contribution in [1.82, 2.24) is 5.16 Å². The van der Waals surface area contributed by atoms with Gasteiger partial charge < -0.3 is 10.3 Å². The topological polar surface area (TPSA) is 52.0 Å². The molecule has 0 saturated carbocycles. The standard InChI is InChI=1S/C11H9F3N2O/c1-11(13,14)9-8(10(15)16-17-9)6-3-2-4-7(12)5-6/h2-5H,1H3,(H2,15,16). The lowest BCUT2D eigenvalue weighted by Crippen LogP contribution is -2.07. The van der Waals surface area contributed by atoms with Gasteiger partial charge in [-0.05, 0) is 17.7 Å². The van der Waals surface area contributed by atoms with Gasteiger partial charge in [0.05, 0.1) is 5.56 Å². The number of hydrogen-bond acceptors (Lipinski definition) is 3. The molecule has 2 aromatic rings. The van der Waals surface area contributed by atoms with Crippen molar-refractivity contribution in [1.29, 1.82) is 0 Å². The first-order valence-electron chi connectivity index (χ1n) is 4.79. The Balaban J connectivity index is 2.63. The van der Waals surface area contributed by atoms with Crippen LogP contribution in [0.5, 0.6) is 0 Å². The van der Waals surface area contributed by atoms with E-state index >= 15 is 0 Å².